The van der Waals surface area contributed by atoms with Gasteiger partial charge in [-0.25, -0.2) is 0 Å². The summed E-state index contributed by atoms with van der Waals surface area (Å²) < 4.78 is 0. The predicted octanol–water partition coefficient (Wildman–Crippen LogP) is 4.27. The molecule has 0 amide bonds. The summed E-state index contributed by atoms with van der Waals surface area (Å²) in [4.78, 5) is 4.78. The Bertz CT molecular complexity index is 833. The van der Waals surface area contributed by atoms with Crippen LogP contribution >= 0.6 is 0 Å². The minimum Gasteiger partial charge on any atom is -0.381 e. The van der Waals surface area contributed by atoms with Gasteiger partial charge in [0.05, 0.1) is 22.8 Å². The fourth-order valence-corrected chi connectivity index (χ4v) is 4.17. The fraction of sp³-hybridized carbons (Fsp3) is 0.500. The minimum atomic E-state index is 0.352. The van der Waals surface area contributed by atoms with Crippen molar-refractivity contribution < 1.29 is 0 Å². The molecule has 0 atom stereocenters. The third-order valence-electron chi connectivity index (χ3n) is 5.71. The van der Waals surface area contributed by atoms with Crippen molar-refractivity contribution in [1.29, 1.82) is 0 Å². The highest BCUT2D eigenvalue weighted by molar-refractivity contribution is 5.86. The van der Waals surface area contributed by atoms with Crippen LogP contribution in [0.1, 0.15) is 62.4 Å². The molecule has 0 aromatic carbocycles. The lowest BCUT2D eigenvalue weighted by molar-refractivity contribution is 0.411. The first-order chi connectivity index (χ1) is 13.1. The molecule has 5 nitrogen and oxygen atoms in total. The molecule has 2 aromatic heterocycles. The van der Waals surface area contributed by atoms with E-state index in [-0.39, 0.29) is 0 Å². The van der Waals surface area contributed by atoms with Gasteiger partial charge in [-0.1, -0.05) is 25.0 Å². The van der Waals surface area contributed by atoms with Crippen LogP contribution in [0.5, 0.6) is 0 Å². The van der Waals surface area contributed by atoms with Gasteiger partial charge in [0.2, 0.25) is 0 Å². The molecule has 2 aliphatic carbocycles. The minimum absolute atomic E-state index is 0.352. The van der Waals surface area contributed by atoms with Gasteiger partial charge < -0.3 is 11.1 Å². The third-order valence-corrected chi connectivity index (χ3v) is 5.71. The maximum atomic E-state index is 6.10. The Morgan fingerprint density at radius 1 is 1.15 bits per heavy atom. The van der Waals surface area contributed by atoms with Gasteiger partial charge in [-0.3, -0.25) is 4.98 Å². The van der Waals surface area contributed by atoms with Crippen molar-refractivity contribution in [3.63, 3.8) is 0 Å². The van der Waals surface area contributed by atoms with E-state index in [1.807, 2.05) is 25.3 Å². The van der Waals surface area contributed by atoms with E-state index < -0.39 is 0 Å². The maximum absolute atomic E-state index is 6.10. The summed E-state index contributed by atoms with van der Waals surface area (Å²) in [5, 5.41) is 12.5. The smallest absolute Gasteiger partial charge is 0.0966 e. The van der Waals surface area contributed by atoms with E-state index in [4.69, 9.17) is 10.7 Å². The van der Waals surface area contributed by atoms with Crippen LogP contribution in [0.3, 0.4) is 0 Å². The Morgan fingerprint density at radius 2 is 1.96 bits per heavy atom. The number of aryl methyl sites for hydroxylation is 1. The highest BCUT2D eigenvalue weighted by atomic mass is 15.1. The molecule has 1 saturated carbocycles. The largest absolute Gasteiger partial charge is 0.381 e. The lowest BCUT2D eigenvalue weighted by Gasteiger charge is -2.29. The van der Waals surface area contributed by atoms with Crippen LogP contribution in [0.25, 0.3) is 17.3 Å². The average molecular weight is 364 g/mol. The molecule has 0 radical (unpaired) electrons. The van der Waals surface area contributed by atoms with Gasteiger partial charge in [-0.15, -0.1) is 0 Å². The predicted molar refractivity (Wildman–Crippen MR) is 110 cm³/mol. The van der Waals surface area contributed by atoms with Crippen LogP contribution in [0, 0.1) is 6.92 Å². The number of anilines is 1. The first-order valence-corrected chi connectivity index (χ1v) is 10.2. The number of fused-ring (bicyclic) bond motifs is 1. The average Bonchev–Trinajstić information content (AvgIpc) is 3.08. The summed E-state index contributed by atoms with van der Waals surface area (Å²) in [6.07, 6.45) is 12.0. The summed E-state index contributed by atoms with van der Waals surface area (Å²) in [5.74, 6) is 0. The highest BCUT2D eigenvalue weighted by Gasteiger charge is 2.25. The molecule has 142 valence electrons. The molecule has 2 aliphatic rings. The molecule has 4 rings (SSSR count). The first kappa shape index (κ1) is 18.1. The molecule has 0 unspecified atom stereocenters. The number of hydrogen-bond donors (Lipinski definition) is 2. The SMILES string of the molecule is CCCC1=Cc2c(ncc(-c3ccc(C)nn3)c2NC2CCC(N)CC2)C1. The maximum Gasteiger partial charge on any atom is 0.0966 e. The van der Waals surface area contributed by atoms with Crippen molar-refractivity contribution in [3.8, 4) is 11.3 Å². The van der Waals surface area contributed by atoms with Crippen LogP contribution < -0.4 is 11.1 Å². The van der Waals surface area contributed by atoms with Gasteiger partial charge >= 0.3 is 0 Å². The summed E-state index contributed by atoms with van der Waals surface area (Å²) in [7, 11) is 0. The monoisotopic (exact) mass is 363 g/mol. The fourth-order valence-electron chi connectivity index (χ4n) is 4.17. The van der Waals surface area contributed by atoms with Gasteiger partial charge in [-0.2, -0.15) is 10.2 Å². The molecule has 1 fully saturated rings. The Morgan fingerprint density at radius 3 is 2.67 bits per heavy atom. The van der Waals surface area contributed by atoms with E-state index in [0.29, 0.717) is 12.1 Å². The number of nitrogens with zero attached hydrogens (tertiary/aromatic N) is 3. The van der Waals surface area contributed by atoms with Gasteiger partial charge in [0.1, 0.15) is 0 Å². The lowest BCUT2D eigenvalue weighted by atomic mass is 9.91. The quantitative estimate of drug-likeness (QED) is 0.829. The van der Waals surface area contributed by atoms with Gasteiger partial charge in [0.25, 0.3) is 0 Å². The second-order valence-electron chi connectivity index (χ2n) is 7.95. The molecule has 0 aliphatic heterocycles. The van der Waals surface area contributed by atoms with Gasteiger partial charge in [0, 0.05) is 35.8 Å². The zero-order valence-electron chi connectivity index (χ0n) is 16.3. The van der Waals surface area contributed by atoms with E-state index in [2.05, 4.69) is 28.5 Å². The molecule has 5 heteroatoms. The van der Waals surface area contributed by atoms with Crippen LogP contribution in [-0.4, -0.2) is 27.3 Å². The zero-order valence-corrected chi connectivity index (χ0v) is 16.3. The van der Waals surface area contributed by atoms with Crippen molar-refractivity contribution in [2.45, 2.75) is 70.9 Å². The summed E-state index contributed by atoms with van der Waals surface area (Å²) >= 11 is 0. The number of hydrogen-bond acceptors (Lipinski definition) is 5. The molecular formula is C22H29N5. The van der Waals surface area contributed by atoms with E-state index in [1.165, 1.54) is 28.9 Å². The molecule has 3 N–H and O–H groups in total. The molecule has 0 bridgehead atoms. The molecule has 27 heavy (non-hydrogen) atoms. The molecule has 2 heterocycles. The Balaban J connectivity index is 1.73. The number of pyridine rings is 1. The summed E-state index contributed by atoms with van der Waals surface area (Å²) in [6.45, 7) is 4.19. The van der Waals surface area contributed by atoms with Crippen molar-refractivity contribution in [2.75, 3.05) is 5.32 Å². The number of nitrogens with two attached hydrogens (primary N) is 1. The van der Waals surface area contributed by atoms with Crippen molar-refractivity contribution >= 4 is 11.8 Å². The highest BCUT2D eigenvalue weighted by Crippen LogP contribution is 2.38. The Kier molecular flexibility index (Phi) is 5.21. The topological polar surface area (TPSA) is 76.7 Å². The van der Waals surface area contributed by atoms with Crippen LogP contribution in [0.4, 0.5) is 5.69 Å². The number of aromatic nitrogens is 3. The Labute approximate surface area is 161 Å². The first-order valence-electron chi connectivity index (χ1n) is 10.2. The third kappa shape index (κ3) is 3.88. The number of nitrogens with one attached hydrogen (secondary N) is 1. The standard InChI is InChI=1S/C22H29N5/c1-3-4-15-11-18-21(12-15)24-13-19(20-10-5-14(2)26-27-20)22(18)25-17-8-6-16(23)7-9-17/h5,10-11,13,16-17H,3-4,6-9,12,23H2,1-2H3,(H,24,25). The van der Waals surface area contributed by atoms with Crippen LogP contribution in [0.2, 0.25) is 0 Å². The van der Waals surface area contributed by atoms with E-state index >= 15 is 0 Å². The van der Waals surface area contributed by atoms with Crippen LogP contribution in [-0.2, 0) is 6.42 Å². The molecule has 0 spiro atoms. The normalized spacial score (nSPS) is 21.7. The van der Waals surface area contributed by atoms with E-state index in [1.54, 1.807) is 0 Å². The molecule has 0 saturated heterocycles. The van der Waals surface area contributed by atoms with Crippen molar-refractivity contribution in [1.82, 2.24) is 15.2 Å². The zero-order chi connectivity index (χ0) is 18.8. The van der Waals surface area contributed by atoms with Crippen LogP contribution in [0.15, 0.2) is 23.9 Å². The van der Waals surface area contributed by atoms with E-state index in [0.717, 1.165) is 55.5 Å². The number of rotatable bonds is 5. The summed E-state index contributed by atoms with van der Waals surface area (Å²) in [6, 6.07) is 4.86. The van der Waals surface area contributed by atoms with Crippen molar-refractivity contribution in [2.24, 2.45) is 5.73 Å². The lowest BCUT2D eigenvalue weighted by Crippen LogP contribution is -2.33. The second-order valence-corrected chi connectivity index (χ2v) is 7.95. The second kappa shape index (κ2) is 7.77. The molecule has 2 aromatic rings. The van der Waals surface area contributed by atoms with Crippen molar-refractivity contribution in [3.05, 3.63) is 40.9 Å². The van der Waals surface area contributed by atoms with Gasteiger partial charge in [-0.05, 0) is 51.2 Å². The Hall–Kier alpha value is -2.27. The number of allylic oxidation sites excluding steroid dienone is 1. The molecular weight excluding hydrogens is 334 g/mol. The van der Waals surface area contributed by atoms with Gasteiger partial charge in [0.15, 0.2) is 0 Å². The van der Waals surface area contributed by atoms with E-state index in [9.17, 15) is 0 Å². The summed E-state index contributed by atoms with van der Waals surface area (Å²) in [5.41, 5.74) is 14.0.